The Labute approximate surface area is 114 Å². The summed E-state index contributed by atoms with van der Waals surface area (Å²) in [6.07, 6.45) is 2.34. The van der Waals surface area contributed by atoms with Crippen molar-refractivity contribution in [2.75, 3.05) is 13.2 Å². The fourth-order valence-electron chi connectivity index (χ4n) is 2.02. The van der Waals surface area contributed by atoms with E-state index < -0.39 is 0 Å². The van der Waals surface area contributed by atoms with E-state index in [1.54, 1.807) is 0 Å². The SMILES string of the molecule is Cc1ccccc1OCCCC(=O)OCC1CC1C. The standard InChI is InChI=1S/C16H22O3/c1-12-6-3-4-7-15(12)18-9-5-8-16(17)19-11-14-10-13(14)2/h3-4,6-7,13-14H,5,8-11H2,1-2H3. The van der Waals surface area contributed by atoms with Gasteiger partial charge in [0.25, 0.3) is 0 Å². The molecule has 3 nitrogen and oxygen atoms in total. The molecule has 0 aromatic heterocycles. The van der Waals surface area contributed by atoms with Crippen molar-refractivity contribution >= 4 is 5.97 Å². The Morgan fingerprint density at radius 1 is 1.37 bits per heavy atom. The summed E-state index contributed by atoms with van der Waals surface area (Å²) in [6.45, 7) is 5.35. The van der Waals surface area contributed by atoms with Gasteiger partial charge in [-0.2, -0.15) is 0 Å². The molecule has 19 heavy (non-hydrogen) atoms. The summed E-state index contributed by atoms with van der Waals surface area (Å²) in [5, 5.41) is 0. The summed E-state index contributed by atoms with van der Waals surface area (Å²) in [5.41, 5.74) is 1.12. The maximum atomic E-state index is 11.5. The average Bonchev–Trinajstić information content (AvgIpc) is 3.10. The monoisotopic (exact) mass is 262 g/mol. The quantitative estimate of drug-likeness (QED) is 0.558. The molecule has 0 heterocycles. The van der Waals surface area contributed by atoms with Crippen LogP contribution < -0.4 is 4.74 Å². The number of carbonyl (C=O) groups is 1. The molecule has 2 atom stereocenters. The highest BCUT2D eigenvalue weighted by atomic mass is 16.5. The van der Waals surface area contributed by atoms with Gasteiger partial charge in [0.15, 0.2) is 0 Å². The lowest BCUT2D eigenvalue weighted by Gasteiger charge is -2.08. The maximum absolute atomic E-state index is 11.5. The zero-order chi connectivity index (χ0) is 13.7. The van der Waals surface area contributed by atoms with Gasteiger partial charge >= 0.3 is 5.97 Å². The first-order valence-corrected chi connectivity index (χ1v) is 7.01. The van der Waals surface area contributed by atoms with Crippen LogP contribution in [0, 0.1) is 18.8 Å². The van der Waals surface area contributed by atoms with Crippen LogP contribution in [-0.4, -0.2) is 19.2 Å². The van der Waals surface area contributed by atoms with Crippen molar-refractivity contribution in [3.05, 3.63) is 29.8 Å². The predicted octanol–water partition coefficient (Wildman–Crippen LogP) is 3.35. The zero-order valence-electron chi connectivity index (χ0n) is 11.7. The van der Waals surface area contributed by atoms with Crippen LogP contribution in [0.2, 0.25) is 0 Å². The summed E-state index contributed by atoms with van der Waals surface area (Å²) in [4.78, 5) is 11.5. The van der Waals surface area contributed by atoms with Crippen LogP contribution in [-0.2, 0) is 9.53 Å². The van der Waals surface area contributed by atoms with Crippen LogP contribution in [0.1, 0.15) is 31.7 Å². The van der Waals surface area contributed by atoms with Gasteiger partial charge in [0.05, 0.1) is 13.2 Å². The molecular formula is C16H22O3. The summed E-state index contributed by atoms with van der Waals surface area (Å²) >= 11 is 0. The van der Waals surface area contributed by atoms with Crippen LogP contribution in [0.25, 0.3) is 0 Å². The molecule has 1 aromatic rings. The topological polar surface area (TPSA) is 35.5 Å². The summed E-state index contributed by atoms with van der Waals surface area (Å²) in [7, 11) is 0. The molecule has 0 spiro atoms. The smallest absolute Gasteiger partial charge is 0.305 e. The molecule has 0 saturated heterocycles. The van der Waals surface area contributed by atoms with E-state index in [1.807, 2.05) is 31.2 Å². The largest absolute Gasteiger partial charge is 0.493 e. The van der Waals surface area contributed by atoms with Gasteiger partial charge in [0.1, 0.15) is 5.75 Å². The van der Waals surface area contributed by atoms with Crippen molar-refractivity contribution in [1.29, 1.82) is 0 Å². The van der Waals surface area contributed by atoms with Crippen molar-refractivity contribution in [2.45, 2.75) is 33.1 Å². The molecule has 0 amide bonds. The van der Waals surface area contributed by atoms with E-state index in [9.17, 15) is 4.79 Å². The molecule has 1 aromatic carbocycles. The molecule has 1 aliphatic carbocycles. The van der Waals surface area contributed by atoms with Crippen molar-refractivity contribution in [2.24, 2.45) is 11.8 Å². The number of para-hydroxylation sites is 1. The number of hydrogen-bond acceptors (Lipinski definition) is 3. The Morgan fingerprint density at radius 2 is 2.11 bits per heavy atom. The minimum Gasteiger partial charge on any atom is -0.493 e. The van der Waals surface area contributed by atoms with Crippen LogP contribution in [0.3, 0.4) is 0 Å². The Morgan fingerprint density at radius 3 is 2.79 bits per heavy atom. The summed E-state index contributed by atoms with van der Waals surface area (Å²) < 4.78 is 10.9. The number of benzene rings is 1. The van der Waals surface area contributed by atoms with E-state index in [2.05, 4.69) is 6.92 Å². The molecule has 104 valence electrons. The first-order chi connectivity index (χ1) is 9.16. The van der Waals surface area contributed by atoms with Gasteiger partial charge in [-0.05, 0) is 43.2 Å². The lowest BCUT2D eigenvalue weighted by Crippen LogP contribution is -2.09. The van der Waals surface area contributed by atoms with Crippen LogP contribution >= 0.6 is 0 Å². The number of ether oxygens (including phenoxy) is 2. The van der Waals surface area contributed by atoms with E-state index in [4.69, 9.17) is 9.47 Å². The highest BCUT2D eigenvalue weighted by molar-refractivity contribution is 5.69. The molecule has 1 fully saturated rings. The lowest BCUT2D eigenvalue weighted by molar-refractivity contribution is -0.144. The highest BCUT2D eigenvalue weighted by Gasteiger charge is 2.33. The van der Waals surface area contributed by atoms with E-state index in [1.165, 1.54) is 6.42 Å². The number of hydrogen-bond donors (Lipinski definition) is 0. The van der Waals surface area contributed by atoms with Crippen LogP contribution in [0.5, 0.6) is 5.75 Å². The normalized spacial score (nSPS) is 20.9. The Hall–Kier alpha value is -1.51. The number of carbonyl (C=O) groups excluding carboxylic acids is 1. The molecule has 1 saturated carbocycles. The molecule has 2 unspecified atom stereocenters. The summed E-state index contributed by atoms with van der Waals surface area (Å²) in [6, 6.07) is 7.90. The molecule has 2 rings (SSSR count). The van der Waals surface area contributed by atoms with Crippen LogP contribution in [0.15, 0.2) is 24.3 Å². The molecule has 1 aliphatic rings. The highest BCUT2D eigenvalue weighted by Crippen LogP contribution is 2.37. The van der Waals surface area contributed by atoms with Crippen molar-refractivity contribution in [3.8, 4) is 5.75 Å². The second-order valence-electron chi connectivity index (χ2n) is 5.37. The predicted molar refractivity (Wildman–Crippen MR) is 74.1 cm³/mol. The minimum atomic E-state index is -0.104. The Kier molecular flexibility index (Phi) is 4.83. The molecular weight excluding hydrogens is 240 g/mol. The van der Waals surface area contributed by atoms with Gasteiger partial charge in [-0.1, -0.05) is 25.1 Å². The van der Waals surface area contributed by atoms with Gasteiger partial charge in [0.2, 0.25) is 0 Å². The van der Waals surface area contributed by atoms with Crippen molar-refractivity contribution in [3.63, 3.8) is 0 Å². The first kappa shape index (κ1) is 13.9. The van der Waals surface area contributed by atoms with Crippen LogP contribution in [0.4, 0.5) is 0 Å². The molecule has 0 N–H and O–H groups in total. The third kappa shape index (κ3) is 4.58. The van der Waals surface area contributed by atoms with Gasteiger partial charge in [-0.25, -0.2) is 0 Å². The fraction of sp³-hybridized carbons (Fsp3) is 0.562. The first-order valence-electron chi connectivity index (χ1n) is 7.01. The van der Waals surface area contributed by atoms with E-state index in [0.717, 1.165) is 17.2 Å². The zero-order valence-corrected chi connectivity index (χ0v) is 11.7. The van der Waals surface area contributed by atoms with E-state index in [-0.39, 0.29) is 5.97 Å². The fourth-order valence-corrected chi connectivity index (χ4v) is 2.02. The van der Waals surface area contributed by atoms with Crippen molar-refractivity contribution < 1.29 is 14.3 Å². The third-order valence-electron chi connectivity index (χ3n) is 3.61. The summed E-state index contributed by atoms with van der Waals surface area (Å²) in [5.74, 6) is 2.12. The molecule has 0 bridgehead atoms. The van der Waals surface area contributed by atoms with E-state index >= 15 is 0 Å². The van der Waals surface area contributed by atoms with Gasteiger partial charge in [0, 0.05) is 6.42 Å². The maximum Gasteiger partial charge on any atom is 0.305 e. The molecule has 0 aliphatic heterocycles. The average molecular weight is 262 g/mol. The van der Waals surface area contributed by atoms with Crippen molar-refractivity contribution in [1.82, 2.24) is 0 Å². The molecule has 0 radical (unpaired) electrons. The van der Waals surface area contributed by atoms with Gasteiger partial charge in [-0.3, -0.25) is 4.79 Å². The lowest BCUT2D eigenvalue weighted by atomic mass is 10.2. The minimum absolute atomic E-state index is 0.104. The number of esters is 1. The van der Waals surface area contributed by atoms with Gasteiger partial charge < -0.3 is 9.47 Å². The van der Waals surface area contributed by atoms with E-state index in [0.29, 0.717) is 32.0 Å². The third-order valence-corrected chi connectivity index (χ3v) is 3.61. The van der Waals surface area contributed by atoms with Gasteiger partial charge in [-0.15, -0.1) is 0 Å². The molecule has 3 heteroatoms. The second kappa shape index (κ2) is 6.60. The Balaban J connectivity index is 1.56. The Bertz CT molecular complexity index is 428. The number of aryl methyl sites for hydroxylation is 1. The number of rotatable bonds is 7. The second-order valence-corrected chi connectivity index (χ2v) is 5.37.